The lowest BCUT2D eigenvalue weighted by Gasteiger charge is -2.46. The van der Waals surface area contributed by atoms with E-state index in [0.717, 1.165) is 32.8 Å². The Morgan fingerprint density at radius 2 is 1.79 bits per heavy atom. The zero-order valence-electron chi connectivity index (χ0n) is 24.7. The average molecular weight is 580 g/mol. The number of para-hydroxylation sites is 1. The van der Waals surface area contributed by atoms with Crippen LogP contribution in [0.15, 0.2) is 90.1 Å². The van der Waals surface area contributed by atoms with E-state index in [4.69, 9.17) is 17.2 Å². The third-order valence-corrected chi connectivity index (χ3v) is 8.26. The summed E-state index contributed by atoms with van der Waals surface area (Å²) in [5.74, 6) is -0.123. The van der Waals surface area contributed by atoms with Gasteiger partial charge < -0.3 is 32.0 Å². The van der Waals surface area contributed by atoms with Crippen molar-refractivity contribution in [2.45, 2.75) is 50.7 Å². The van der Waals surface area contributed by atoms with Crippen LogP contribution in [0.3, 0.4) is 0 Å². The Morgan fingerprint density at radius 3 is 2.60 bits per heavy atom. The number of rotatable bonds is 10. The lowest BCUT2D eigenvalue weighted by Crippen LogP contribution is -2.62. The van der Waals surface area contributed by atoms with Crippen LogP contribution in [0.4, 0.5) is 0 Å². The standard InChI is InChI=1S/C34H41N7O2/c1-23-21-41(33(43)30(35)19-24-15-16-25-8-2-3-9-26(25)18-24)28(11-7-17-38-34(36)37)22-40(23)32(42)14-6-10-27-20-39-31-13-5-4-12-29(27)31/h2-6,8-9,12-16,18,20,23,28,30,39H,7,10-11,17,19,21-22,35H2,1H3,(H4,36,37,38)/b14-6+/t23-,28+,30-/m1/s1. The van der Waals surface area contributed by atoms with Gasteiger partial charge in [-0.1, -0.05) is 66.7 Å². The second-order valence-corrected chi connectivity index (χ2v) is 11.4. The highest BCUT2D eigenvalue weighted by Crippen LogP contribution is 2.23. The molecule has 2 heterocycles. The van der Waals surface area contributed by atoms with E-state index in [2.05, 4.69) is 40.3 Å². The number of aliphatic imine (C=N–C) groups is 1. The largest absolute Gasteiger partial charge is 0.370 e. The van der Waals surface area contributed by atoms with Crippen molar-refractivity contribution in [3.63, 3.8) is 0 Å². The van der Waals surface area contributed by atoms with Crippen molar-refractivity contribution in [2.24, 2.45) is 22.2 Å². The summed E-state index contributed by atoms with van der Waals surface area (Å²) in [6.07, 6.45) is 7.97. The maximum absolute atomic E-state index is 13.8. The summed E-state index contributed by atoms with van der Waals surface area (Å²) < 4.78 is 0. The molecule has 0 radical (unpaired) electrons. The highest BCUT2D eigenvalue weighted by atomic mass is 16.2. The normalized spacial score (nSPS) is 17.9. The summed E-state index contributed by atoms with van der Waals surface area (Å²) in [5, 5.41) is 3.42. The van der Waals surface area contributed by atoms with Crippen molar-refractivity contribution < 1.29 is 9.59 Å². The minimum Gasteiger partial charge on any atom is -0.370 e. The van der Waals surface area contributed by atoms with Crippen molar-refractivity contribution in [1.82, 2.24) is 14.8 Å². The highest BCUT2D eigenvalue weighted by Gasteiger charge is 2.37. The number of aromatic amines is 1. The number of guanidine groups is 1. The molecule has 3 atom stereocenters. The number of nitrogens with two attached hydrogens (primary N) is 3. The maximum atomic E-state index is 13.8. The van der Waals surface area contributed by atoms with Gasteiger partial charge in [0.15, 0.2) is 5.96 Å². The topological polar surface area (TPSA) is 147 Å². The quantitative estimate of drug-likeness (QED) is 0.0983. The van der Waals surface area contributed by atoms with Gasteiger partial charge >= 0.3 is 0 Å². The Hall–Kier alpha value is -4.63. The smallest absolute Gasteiger partial charge is 0.246 e. The van der Waals surface area contributed by atoms with Crippen molar-refractivity contribution in [1.29, 1.82) is 0 Å². The zero-order chi connectivity index (χ0) is 30.3. The molecule has 1 fully saturated rings. The van der Waals surface area contributed by atoms with Crippen molar-refractivity contribution in [2.75, 3.05) is 19.6 Å². The van der Waals surface area contributed by atoms with Gasteiger partial charge in [-0.15, -0.1) is 0 Å². The number of nitrogens with one attached hydrogen (secondary N) is 1. The second kappa shape index (κ2) is 13.6. The Balaban J connectivity index is 1.26. The molecule has 4 aromatic rings. The fourth-order valence-electron chi connectivity index (χ4n) is 6.00. The molecule has 1 aromatic heterocycles. The number of aromatic nitrogens is 1. The molecule has 5 rings (SSSR count). The fraction of sp³-hybridized carbons (Fsp3) is 0.324. The lowest BCUT2D eigenvalue weighted by atomic mass is 9.98. The Kier molecular flexibility index (Phi) is 9.41. The molecular weight excluding hydrogens is 538 g/mol. The molecule has 1 aliphatic rings. The number of amides is 2. The van der Waals surface area contributed by atoms with Gasteiger partial charge in [-0.25, -0.2) is 0 Å². The Labute approximate surface area is 252 Å². The van der Waals surface area contributed by atoms with Crippen molar-refractivity contribution >= 4 is 39.4 Å². The van der Waals surface area contributed by atoms with Gasteiger partial charge in [0, 0.05) is 48.8 Å². The van der Waals surface area contributed by atoms with Gasteiger partial charge in [-0.05, 0) is 66.6 Å². The zero-order valence-corrected chi connectivity index (χ0v) is 24.7. The average Bonchev–Trinajstić information content (AvgIpc) is 3.42. The second-order valence-electron chi connectivity index (χ2n) is 11.4. The van der Waals surface area contributed by atoms with E-state index in [0.29, 0.717) is 45.3 Å². The number of hydrogen-bond donors (Lipinski definition) is 4. The molecule has 0 bridgehead atoms. The number of carbonyl (C=O) groups is 2. The molecule has 0 unspecified atom stereocenters. The third kappa shape index (κ3) is 7.24. The van der Waals surface area contributed by atoms with E-state index >= 15 is 0 Å². The predicted octanol–water partition coefficient (Wildman–Crippen LogP) is 3.47. The van der Waals surface area contributed by atoms with E-state index in [9.17, 15) is 9.59 Å². The van der Waals surface area contributed by atoms with Crippen molar-refractivity contribution in [3.05, 3.63) is 96.2 Å². The van der Waals surface area contributed by atoms with E-state index in [1.165, 1.54) is 0 Å². The third-order valence-electron chi connectivity index (χ3n) is 8.26. The number of hydrogen-bond acceptors (Lipinski definition) is 4. The molecule has 0 aliphatic carbocycles. The van der Waals surface area contributed by atoms with Crippen LogP contribution in [-0.2, 0) is 22.4 Å². The fourth-order valence-corrected chi connectivity index (χ4v) is 6.00. The molecule has 0 spiro atoms. The molecule has 3 aromatic carbocycles. The van der Waals surface area contributed by atoms with Crippen molar-refractivity contribution in [3.8, 4) is 0 Å². The number of fused-ring (bicyclic) bond motifs is 2. The maximum Gasteiger partial charge on any atom is 0.246 e. The predicted molar refractivity (Wildman–Crippen MR) is 173 cm³/mol. The molecule has 224 valence electrons. The number of nitrogens with zero attached hydrogens (tertiary/aromatic N) is 3. The van der Waals surface area contributed by atoms with Crippen LogP contribution in [0.2, 0.25) is 0 Å². The number of benzene rings is 3. The Morgan fingerprint density at radius 1 is 1.02 bits per heavy atom. The monoisotopic (exact) mass is 579 g/mol. The summed E-state index contributed by atoms with van der Waals surface area (Å²) in [6.45, 7) is 3.28. The number of H-pyrrole nitrogens is 1. The van der Waals surface area contributed by atoms with Crippen LogP contribution in [-0.4, -0.2) is 70.3 Å². The van der Waals surface area contributed by atoms with Crippen LogP contribution in [0.25, 0.3) is 21.7 Å². The first kappa shape index (κ1) is 29.8. The number of piperazine rings is 1. The minimum absolute atomic E-state index is 0.0414. The first-order valence-electron chi connectivity index (χ1n) is 14.9. The van der Waals surface area contributed by atoms with Gasteiger partial charge in [0.1, 0.15) is 0 Å². The molecule has 9 heteroatoms. The SMILES string of the molecule is C[C@@H]1CN(C(=O)[C@H](N)Cc2ccc3ccccc3c2)[C@@H](CCCN=C(N)N)CN1C(=O)/C=C/Cc1c[nH]c2ccccc12. The van der Waals surface area contributed by atoms with Crippen LogP contribution >= 0.6 is 0 Å². The van der Waals surface area contributed by atoms with Gasteiger partial charge in [-0.3, -0.25) is 14.6 Å². The first-order valence-corrected chi connectivity index (χ1v) is 14.9. The summed E-state index contributed by atoms with van der Waals surface area (Å²) in [5.41, 5.74) is 20.8. The molecule has 0 saturated carbocycles. The molecule has 2 amide bonds. The van der Waals surface area contributed by atoms with E-state index < -0.39 is 6.04 Å². The number of allylic oxidation sites excluding steroid dienone is 1. The van der Waals surface area contributed by atoms with E-state index in [1.807, 2.05) is 65.4 Å². The molecule has 9 nitrogen and oxygen atoms in total. The molecule has 1 saturated heterocycles. The molecular formula is C34H41N7O2. The van der Waals surface area contributed by atoms with Gasteiger partial charge in [0.25, 0.3) is 0 Å². The first-order chi connectivity index (χ1) is 20.8. The summed E-state index contributed by atoms with van der Waals surface area (Å²) in [7, 11) is 0. The van der Waals surface area contributed by atoms with E-state index in [-0.39, 0.29) is 29.9 Å². The molecule has 7 N–H and O–H groups in total. The molecule has 1 aliphatic heterocycles. The van der Waals surface area contributed by atoms with Crippen LogP contribution in [0.1, 0.15) is 30.9 Å². The Bertz CT molecular complexity index is 1640. The summed E-state index contributed by atoms with van der Waals surface area (Å²) >= 11 is 0. The highest BCUT2D eigenvalue weighted by molar-refractivity contribution is 5.89. The van der Waals surface area contributed by atoms with Gasteiger partial charge in [-0.2, -0.15) is 0 Å². The lowest BCUT2D eigenvalue weighted by molar-refractivity contribution is -0.145. The van der Waals surface area contributed by atoms with Crippen LogP contribution in [0.5, 0.6) is 0 Å². The number of carbonyl (C=O) groups excluding carboxylic acids is 2. The van der Waals surface area contributed by atoms with Crippen LogP contribution in [0, 0.1) is 0 Å². The summed E-state index contributed by atoms with van der Waals surface area (Å²) in [6, 6.07) is 21.4. The summed E-state index contributed by atoms with van der Waals surface area (Å²) in [4.78, 5) is 38.2. The van der Waals surface area contributed by atoms with E-state index in [1.54, 1.807) is 6.08 Å². The van der Waals surface area contributed by atoms with Gasteiger partial charge in [0.05, 0.1) is 6.04 Å². The van der Waals surface area contributed by atoms with Crippen LogP contribution < -0.4 is 17.2 Å². The van der Waals surface area contributed by atoms with Gasteiger partial charge in [0.2, 0.25) is 11.8 Å². The molecule has 43 heavy (non-hydrogen) atoms. The minimum atomic E-state index is -0.688.